The van der Waals surface area contributed by atoms with Gasteiger partial charge in [0, 0.05) is 29.3 Å². The summed E-state index contributed by atoms with van der Waals surface area (Å²) < 4.78 is 4.47. The van der Waals surface area contributed by atoms with Gasteiger partial charge in [0.05, 0.1) is 0 Å². The molecular weight excluding hydrogens is 280 g/mol. The summed E-state index contributed by atoms with van der Waals surface area (Å²) in [7, 11) is 4.25. The zero-order valence-electron chi connectivity index (χ0n) is 14.6. The van der Waals surface area contributed by atoms with Gasteiger partial charge in [-0.3, -0.25) is 0 Å². The van der Waals surface area contributed by atoms with Gasteiger partial charge in [-0.2, -0.15) is 9.13 Å². The molecule has 0 saturated heterocycles. The van der Waals surface area contributed by atoms with Crippen LogP contribution in [0.1, 0.15) is 16.7 Å². The van der Waals surface area contributed by atoms with Crippen molar-refractivity contribution in [1.29, 1.82) is 0 Å². The minimum Gasteiger partial charge on any atom is -0.196 e. The Labute approximate surface area is 138 Å². The molecule has 0 radical (unpaired) electrons. The first-order valence-corrected chi connectivity index (χ1v) is 8.00. The van der Waals surface area contributed by atoms with Crippen molar-refractivity contribution in [3.63, 3.8) is 0 Å². The molecule has 0 atom stereocenters. The van der Waals surface area contributed by atoms with Crippen molar-refractivity contribution < 1.29 is 9.13 Å². The molecule has 2 aromatic heterocycles. The van der Waals surface area contributed by atoms with Gasteiger partial charge in [-0.15, -0.1) is 0 Å². The summed E-state index contributed by atoms with van der Waals surface area (Å²) >= 11 is 0. The monoisotopic (exact) mass is 304 g/mol. The molecule has 116 valence electrons. The molecule has 0 saturated carbocycles. The van der Waals surface area contributed by atoms with E-state index in [0.29, 0.717) is 0 Å². The smallest absolute Gasteiger partial charge is 0.196 e. The van der Waals surface area contributed by atoms with E-state index in [2.05, 4.69) is 98.7 Å². The Hall–Kier alpha value is -2.48. The van der Waals surface area contributed by atoms with E-state index in [1.165, 1.54) is 39.3 Å². The highest BCUT2D eigenvalue weighted by atomic mass is 15.0. The number of nitrogens with zero attached hydrogens (tertiary/aromatic N) is 2. The van der Waals surface area contributed by atoms with E-state index >= 15 is 0 Å². The largest absolute Gasteiger partial charge is 0.277 e. The van der Waals surface area contributed by atoms with Crippen molar-refractivity contribution in [2.45, 2.75) is 20.8 Å². The van der Waals surface area contributed by atoms with Crippen LogP contribution in [0, 0.1) is 20.8 Å². The maximum absolute atomic E-state index is 2.28. The molecule has 0 fully saturated rings. The van der Waals surface area contributed by atoms with Crippen molar-refractivity contribution in [3.05, 3.63) is 71.4 Å². The van der Waals surface area contributed by atoms with E-state index in [-0.39, 0.29) is 0 Å². The molecule has 1 aromatic carbocycles. The summed E-state index contributed by atoms with van der Waals surface area (Å²) in [6.45, 7) is 6.44. The molecule has 3 rings (SSSR count). The van der Waals surface area contributed by atoms with Crippen molar-refractivity contribution >= 4 is 0 Å². The van der Waals surface area contributed by atoms with Gasteiger partial charge < -0.3 is 0 Å². The molecule has 0 aliphatic rings. The predicted molar refractivity (Wildman–Crippen MR) is 93.9 cm³/mol. The molecule has 0 bridgehead atoms. The van der Waals surface area contributed by atoms with Crippen molar-refractivity contribution in [3.8, 4) is 22.6 Å². The van der Waals surface area contributed by atoms with Crippen LogP contribution in [0.4, 0.5) is 0 Å². The van der Waals surface area contributed by atoms with E-state index in [9.17, 15) is 0 Å². The van der Waals surface area contributed by atoms with Gasteiger partial charge in [0.2, 0.25) is 5.69 Å². The summed E-state index contributed by atoms with van der Waals surface area (Å²) in [6.07, 6.45) is 2.17. The SMILES string of the molecule is Cc1ccc(-c2cccc(-c3ccc(C)c[n+]3C)[n+]2C)c(C)c1. The van der Waals surface area contributed by atoms with Gasteiger partial charge in [0.1, 0.15) is 14.1 Å². The Kier molecular flexibility index (Phi) is 3.99. The molecule has 0 aliphatic carbocycles. The molecule has 0 unspecified atom stereocenters. The van der Waals surface area contributed by atoms with Crippen molar-refractivity contribution in [2.24, 2.45) is 14.1 Å². The number of rotatable bonds is 2. The Morgan fingerprint density at radius 2 is 1.39 bits per heavy atom. The summed E-state index contributed by atoms with van der Waals surface area (Å²) in [4.78, 5) is 0. The maximum Gasteiger partial charge on any atom is 0.277 e. The maximum atomic E-state index is 2.28. The lowest BCUT2D eigenvalue weighted by Crippen LogP contribution is -2.40. The predicted octanol–water partition coefficient (Wildman–Crippen LogP) is 3.59. The number of aryl methyl sites for hydroxylation is 4. The van der Waals surface area contributed by atoms with Crippen LogP contribution in [0.2, 0.25) is 0 Å². The van der Waals surface area contributed by atoms with Crippen LogP contribution in [-0.2, 0) is 14.1 Å². The van der Waals surface area contributed by atoms with Crippen molar-refractivity contribution in [2.75, 3.05) is 0 Å². The lowest BCUT2D eigenvalue weighted by atomic mass is 10.0. The Morgan fingerprint density at radius 1 is 0.696 bits per heavy atom. The highest BCUT2D eigenvalue weighted by Gasteiger charge is 2.23. The second kappa shape index (κ2) is 5.96. The fourth-order valence-corrected chi connectivity index (χ4v) is 3.22. The van der Waals surface area contributed by atoms with E-state index < -0.39 is 0 Å². The average Bonchev–Trinajstić information content (AvgIpc) is 2.49. The van der Waals surface area contributed by atoms with E-state index in [1.54, 1.807) is 0 Å². The zero-order chi connectivity index (χ0) is 16.6. The van der Waals surface area contributed by atoms with Crippen LogP contribution in [0.5, 0.6) is 0 Å². The van der Waals surface area contributed by atoms with Crippen LogP contribution in [0.25, 0.3) is 22.6 Å². The number of benzene rings is 1. The topological polar surface area (TPSA) is 7.76 Å². The minimum atomic E-state index is 1.21. The molecule has 3 aromatic rings. The third-order valence-electron chi connectivity index (χ3n) is 4.43. The second-order valence-electron chi connectivity index (χ2n) is 6.38. The summed E-state index contributed by atoms with van der Waals surface area (Å²) in [5, 5.41) is 0. The molecule has 2 nitrogen and oxygen atoms in total. The first-order chi connectivity index (χ1) is 11.0. The molecular formula is C21H24N2+2. The molecule has 0 aliphatic heterocycles. The lowest BCUT2D eigenvalue weighted by Gasteiger charge is -2.08. The summed E-state index contributed by atoms with van der Waals surface area (Å²) in [5.74, 6) is 0. The van der Waals surface area contributed by atoms with Gasteiger partial charge in [0.15, 0.2) is 6.20 Å². The van der Waals surface area contributed by atoms with E-state index in [1.807, 2.05) is 0 Å². The fourth-order valence-electron chi connectivity index (χ4n) is 3.22. The highest BCUT2D eigenvalue weighted by Crippen LogP contribution is 2.23. The summed E-state index contributed by atoms with van der Waals surface area (Å²) in [5.41, 5.74) is 8.83. The molecule has 0 N–H and O–H groups in total. The first-order valence-electron chi connectivity index (χ1n) is 8.00. The van der Waals surface area contributed by atoms with Gasteiger partial charge in [0.25, 0.3) is 11.4 Å². The lowest BCUT2D eigenvalue weighted by molar-refractivity contribution is -0.685. The standard InChI is InChI=1S/C21H24N2/c1-15-9-11-18(17(3)13-15)19-7-6-8-21(23(19)5)20-12-10-16(2)14-22(20)4/h6-14H,1-5H3/q+2. The molecule has 0 spiro atoms. The van der Waals surface area contributed by atoms with Crippen LogP contribution in [-0.4, -0.2) is 0 Å². The van der Waals surface area contributed by atoms with Gasteiger partial charge in [-0.05, 0) is 44.5 Å². The second-order valence-corrected chi connectivity index (χ2v) is 6.38. The zero-order valence-corrected chi connectivity index (χ0v) is 14.6. The van der Waals surface area contributed by atoms with Gasteiger partial charge in [-0.1, -0.05) is 17.7 Å². The number of aromatic nitrogens is 2. The normalized spacial score (nSPS) is 10.8. The molecule has 2 heteroatoms. The van der Waals surface area contributed by atoms with Crippen LogP contribution < -0.4 is 9.13 Å². The third kappa shape index (κ3) is 2.89. The van der Waals surface area contributed by atoms with Crippen LogP contribution >= 0.6 is 0 Å². The molecule has 23 heavy (non-hydrogen) atoms. The van der Waals surface area contributed by atoms with Gasteiger partial charge >= 0.3 is 0 Å². The minimum absolute atomic E-state index is 1.21. The highest BCUT2D eigenvalue weighted by molar-refractivity contribution is 5.63. The van der Waals surface area contributed by atoms with Crippen LogP contribution in [0.15, 0.2) is 54.7 Å². The van der Waals surface area contributed by atoms with E-state index in [0.717, 1.165) is 0 Å². The average molecular weight is 304 g/mol. The fraction of sp³-hybridized carbons (Fsp3) is 0.238. The Balaban J connectivity index is 2.19. The van der Waals surface area contributed by atoms with E-state index in [4.69, 9.17) is 0 Å². The number of hydrogen-bond donors (Lipinski definition) is 0. The quantitative estimate of drug-likeness (QED) is 0.639. The molecule has 2 heterocycles. The number of pyridine rings is 2. The summed E-state index contributed by atoms with van der Waals surface area (Å²) in [6, 6.07) is 17.5. The number of hydrogen-bond acceptors (Lipinski definition) is 0. The first kappa shape index (κ1) is 15.4. The van der Waals surface area contributed by atoms with Crippen LogP contribution in [0.3, 0.4) is 0 Å². The van der Waals surface area contributed by atoms with Gasteiger partial charge in [-0.25, -0.2) is 0 Å². The Bertz CT molecular complexity index is 809. The third-order valence-corrected chi connectivity index (χ3v) is 4.43. The Morgan fingerprint density at radius 3 is 2.09 bits per heavy atom. The molecule has 0 amide bonds. The van der Waals surface area contributed by atoms with Crippen molar-refractivity contribution in [1.82, 2.24) is 0 Å².